The lowest BCUT2D eigenvalue weighted by Gasteiger charge is -2.19. The predicted molar refractivity (Wildman–Crippen MR) is 86.2 cm³/mol. The molecule has 0 spiro atoms. The second-order valence-corrected chi connectivity index (χ2v) is 6.25. The van der Waals surface area contributed by atoms with Crippen molar-refractivity contribution < 1.29 is 0 Å². The molecule has 2 aromatic heterocycles. The highest BCUT2D eigenvalue weighted by Crippen LogP contribution is 2.22. The summed E-state index contributed by atoms with van der Waals surface area (Å²) in [4.78, 5) is 2.47. The van der Waals surface area contributed by atoms with E-state index in [4.69, 9.17) is 0 Å². The minimum atomic E-state index is 0.354. The molecular formula is C16H24N6. The molecule has 0 saturated heterocycles. The molecule has 1 aliphatic rings. The molecule has 0 fully saturated rings. The number of nitrogens with one attached hydrogen (secondary N) is 1. The highest BCUT2D eigenvalue weighted by Gasteiger charge is 2.15. The molecule has 0 saturated carbocycles. The van der Waals surface area contributed by atoms with Gasteiger partial charge in [-0.05, 0) is 44.7 Å². The summed E-state index contributed by atoms with van der Waals surface area (Å²) in [6.07, 6.45) is 8.34. The van der Waals surface area contributed by atoms with E-state index < -0.39 is 0 Å². The Hall–Kier alpha value is -1.95. The van der Waals surface area contributed by atoms with Crippen molar-refractivity contribution in [3.05, 3.63) is 35.4 Å². The molecule has 3 rings (SSSR count). The third kappa shape index (κ3) is 3.27. The number of aromatic amines is 1. The van der Waals surface area contributed by atoms with E-state index >= 15 is 0 Å². The number of aromatic nitrogens is 5. The van der Waals surface area contributed by atoms with Crippen LogP contribution in [0.5, 0.6) is 0 Å². The smallest absolute Gasteiger partial charge is 0.108 e. The summed E-state index contributed by atoms with van der Waals surface area (Å²) >= 11 is 0. The third-order valence-electron chi connectivity index (χ3n) is 4.22. The Balaban J connectivity index is 1.63. The van der Waals surface area contributed by atoms with E-state index in [0.717, 1.165) is 38.2 Å². The number of aryl methyl sites for hydroxylation is 1. The van der Waals surface area contributed by atoms with Crippen LogP contribution < -0.4 is 0 Å². The summed E-state index contributed by atoms with van der Waals surface area (Å²) in [7, 11) is 0. The minimum absolute atomic E-state index is 0.354. The Morgan fingerprint density at radius 1 is 1.32 bits per heavy atom. The van der Waals surface area contributed by atoms with Gasteiger partial charge in [0.05, 0.1) is 18.1 Å². The number of hydrogen-bond acceptors (Lipinski definition) is 4. The highest BCUT2D eigenvalue weighted by molar-refractivity contribution is 5.62. The third-order valence-corrected chi connectivity index (χ3v) is 4.22. The number of nitrogens with zero attached hydrogens (tertiary/aromatic N) is 5. The average Bonchev–Trinajstić information content (AvgIpc) is 3.06. The van der Waals surface area contributed by atoms with Crippen molar-refractivity contribution >= 4 is 5.57 Å². The van der Waals surface area contributed by atoms with Crippen LogP contribution in [0.15, 0.2) is 18.5 Å². The van der Waals surface area contributed by atoms with Crippen LogP contribution in [0.3, 0.4) is 0 Å². The van der Waals surface area contributed by atoms with Crippen molar-refractivity contribution in [1.82, 2.24) is 30.1 Å². The van der Waals surface area contributed by atoms with Gasteiger partial charge in [-0.25, -0.2) is 4.68 Å². The maximum atomic E-state index is 4.33. The number of H-pyrrole nitrogens is 1. The van der Waals surface area contributed by atoms with Gasteiger partial charge in [0, 0.05) is 25.7 Å². The first-order chi connectivity index (χ1) is 10.6. The quantitative estimate of drug-likeness (QED) is 0.942. The lowest BCUT2D eigenvalue weighted by molar-refractivity contribution is 0.277. The summed E-state index contributed by atoms with van der Waals surface area (Å²) in [6.45, 7) is 9.39. The largest absolute Gasteiger partial charge is 0.297 e. The van der Waals surface area contributed by atoms with E-state index in [-0.39, 0.29) is 0 Å². The molecule has 2 aromatic rings. The Kier molecular flexibility index (Phi) is 4.38. The van der Waals surface area contributed by atoms with Crippen LogP contribution in [0.4, 0.5) is 0 Å². The second-order valence-electron chi connectivity index (χ2n) is 6.25. The van der Waals surface area contributed by atoms with E-state index in [2.05, 4.69) is 58.5 Å². The average molecular weight is 300 g/mol. The van der Waals surface area contributed by atoms with Crippen LogP contribution >= 0.6 is 0 Å². The first-order valence-electron chi connectivity index (χ1n) is 7.96. The first-order valence-corrected chi connectivity index (χ1v) is 7.96. The number of rotatable bonds is 4. The predicted octanol–water partition coefficient (Wildman–Crippen LogP) is 2.57. The Morgan fingerprint density at radius 3 is 2.86 bits per heavy atom. The molecule has 1 N–H and O–H groups in total. The molecule has 6 nitrogen and oxygen atoms in total. The van der Waals surface area contributed by atoms with Gasteiger partial charge in [-0.1, -0.05) is 11.3 Å². The van der Waals surface area contributed by atoms with Gasteiger partial charge in [-0.15, -0.1) is 5.10 Å². The van der Waals surface area contributed by atoms with E-state index in [1.165, 1.54) is 16.8 Å². The molecular weight excluding hydrogens is 276 g/mol. The van der Waals surface area contributed by atoms with Crippen LogP contribution in [0.2, 0.25) is 0 Å². The molecule has 1 aliphatic heterocycles. The standard InChI is InChI=1S/C16H24N6/c1-12(2)22-11-16(19-20-22)14-5-4-7-21(8-6-14)10-15-13(3)9-17-18-15/h5,9,11-12H,4,6-8,10H2,1-3H3,(H,17,18). The van der Waals surface area contributed by atoms with Crippen LogP contribution in [0.1, 0.15) is 49.7 Å². The van der Waals surface area contributed by atoms with Crippen molar-refractivity contribution in [1.29, 1.82) is 0 Å². The summed E-state index contributed by atoms with van der Waals surface area (Å²) in [5.74, 6) is 0. The molecule has 118 valence electrons. The topological polar surface area (TPSA) is 62.6 Å². The van der Waals surface area contributed by atoms with Crippen LogP contribution in [0.25, 0.3) is 5.57 Å². The fourth-order valence-corrected chi connectivity index (χ4v) is 2.74. The number of hydrogen-bond donors (Lipinski definition) is 1. The lowest BCUT2D eigenvalue weighted by atomic mass is 10.1. The summed E-state index contributed by atoms with van der Waals surface area (Å²) in [5, 5.41) is 15.7. The van der Waals surface area contributed by atoms with Gasteiger partial charge >= 0.3 is 0 Å². The lowest BCUT2D eigenvalue weighted by Crippen LogP contribution is -2.24. The van der Waals surface area contributed by atoms with E-state index in [1.54, 1.807) is 0 Å². The van der Waals surface area contributed by atoms with Crippen LogP contribution in [-0.4, -0.2) is 43.2 Å². The first kappa shape index (κ1) is 15.0. The highest BCUT2D eigenvalue weighted by atomic mass is 15.4. The molecule has 3 heterocycles. The Morgan fingerprint density at radius 2 is 2.18 bits per heavy atom. The van der Waals surface area contributed by atoms with Gasteiger partial charge in [0.2, 0.25) is 0 Å². The molecule has 22 heavy (non-hydrogen) atoms. The van der Waals surface area contributed by atoms with Gasteiger partial charge in [-0.2, -0.15) is 5.10 Å². The minimum Gasteiger partial charge on any atom is -0.297 e. The zero-order chi connectivity index (χ0) is 15.5. The molecule has 6 heteroatoms. The Bertz CT molecular complexity index is 651. The van der Waals surface area contributed by atoms with Crippen LogP contribution in [0, 0.1) is 6.92 Å². The maximum absolute atomic E-state index is 4.33. The molecule has 0 bridgehead atoms. The molecule has 0 unspecified atom stereocenters. The van der Waals surface area contributed by atoms with Crippen molar-refractivity contribution in [2.45, 2.75) is 46.2 Å². The van der Waals surface area contributed by atoms with E-state index in [0.29, 0.717) is 6.04 Å². The summed E-state index contributed by atoms with van der Waals surface area (Å²) < 4.78 is 1.92. The second kappa shape index (κ2) is 6.44. The normalized spacial score (nSPS) is 16.8. The fraction of sp³-hybridized carbons (Fsp3) is 0.562. The maximum Gasteiger partial charge on any atom is 0.108 e. The van der Waals surface area contributed by atoms with Crippen molar-refractivity contribution in [3.8, 4) is 0 Å². The van der Waals surface area contributed by atoms with E-state index in [1.807, 2.05) is 10.9 Å². The van der Waals surface area contributed by atoms with Gasteiger partial charge in [-0.3, -0.25) is 10.00 Å². The Labute approximate surface area is 131 Å². The molecule has 0 atom stereocenters. The van der Waals surface area contributed by atoms with E-state index in [9.17, 15) is 0 Å². The van der Waals surface area contributed by atoms with Crippen molar-refractivity contribution in [2.24, 2.45) is 0 Å². The monoisotopic (exact) mass is 300 g/mol. The molecule has 0 aliphatic carbocycles. The van der Waals surface area contributed by atoms with Gasteiger partial charge in [0.15, 0.2) is 0 Å². The van der Waals surface area contributed by atoms with Gasteiger partial charge in [0.25, 0.3) is 0 Å². The van der Waals surface area contributed by atoms with Crippen molar-refractivity contribution in [2.75, 3.05) is 13.1 Å². The van der Waals surface area contributed by atoms with Crippen LogP contribution in [-0.2, 0) is 6.54 Å². The molecule has 0 radical (unpaired) electrons. The SMILES string of the molecule is Cc1cn[nH]c1CN1CCC=C(c2cn(C(C)C)nn2)CC1. The summed E-state index contributed by atoms with van der Waals surface area (Å²) in [5.41, 5.74) is 4.79. The molecule has 0 amide bonds. The molecule has 0 aromatic carbocycles. The van der Waals surface area contributed by atoms with Gasteiger partial charge in [0.1, 0.15) is 5.69 Å². The zero-order valence-corrected chi connectivity index (χ0v) is 13.6. The van der Waals surface area contributed by atoms with Crippen molar-refractivity contribution in [3.63, 3.8) is 0 Å². The zero-order valence-electron chi connectivity index (χ0n) is 13.6. The fourth-order valence-electron chi connectivity index (χ4n) is 2.74. The summed E-state index contributed by atoms with van der Waals surface area (Å²) in [6, 6.07) is 0.354. The van der Waals surface area contributed by atoms with Gasteiger partial charge < -0.3 is 0 Å².